The molecular weight excluding hydrogens is 524 g/mol. The molecule has 0 radical (unpaired) electrons. The second kappa shape index (κ2) is 13.0. The summed E-state index contributed by atoms with van der Waals surface area (Å²) in [6, 6.07) is 35.1. The number of fused-ring (bicyclic) bond motifs is 1. The van der Waals surface area contributed by atoms with Gasteiger partial charge in [-0.3, -0.25) is 4.79 Å². The topological polar surface area (TPSA) is 52.9 Å². The van der Waals surface area contributed by atoms with Crippen LogP contribution in [0.15, 0.2) is 109 Å². The molecular formula is C36H36N2O4. The van der Waals surface area contributed by atoms with Gasteiger partial charge in [0, 0.05) is 49.1 Å². The molecule has 1 aromatic heterocycles. The quantitative estimate of drug-likeness (QED) is 0.192. The van der Waals surface area contributed by atoms with Gasteiger partial charge in [-0.1, -0.05) is 84.9 Å². The van der Waals surface area contributed by atoms with Crippen molar-refractivity contribution in [2.45, 2.75) is 25.5 Å². The van der Waals surface area contributed by atoms with Crippen LogP contribution in [0.1, 0.15) is 34.6 Å². The van der Waals surface area contributed by atoms with Crippen LogP contribution in [0, 0.1) is 0 Å². The molecule has 6 nitrogen and oxygen atoms in total. The van der Waals surface area contributed by atoms with Gasteiger partial charge in [0.05, 0.1) is 20.3 Å². The first kappa shape index (κ1) is 27.6. The van der Waals surface area contributed by atoms with E-state index in [1.165, 1.54) is 5.56 Å². The van der Waals surface area contributed by atoms with E-state index < -0.39 is 0 Å². The third-order valence-electron chi connectivity index (χ3n) is 7.96. The first-order chi connectivity index (χ1) is 20.7. The maximum absolute atomic E-state index is 13.7. The average Bonchev–Trinajstić information content (AvgIpc) is 3.41. The molecule has 1 aliphatic rings. The Morgan fingerprint density at radius 2 is 1.52 bits per heavy atom. The van der Waals surface area contributed by atoms with Crippen molar-refractivity contribution in [3.05, 3.63) is 132 Å². The van der Waals surface area contributed by atoms with Crippen LogP contribution in [-0.2, 0) is 22.7 Å². The lowest BCUT2D eigenvalue weighted by Crippen LogP contribution is -2.41. The van der Waals surface area contributed by atoms with Crippen LogP contribution >= 0.6 is 0 Å². The smallest absolute Gasteiger partial charge is 0.223 e. The van der Waals surface area contributed by atoms with Crippen LogP contribution < -0.4 is 9.47 Å². The zero-order valence-electron chi connectivity index (χ0n) is 23.9. The van der Waals surface area contributed by atoms with Gasteiger partial charge in [-0.2, -0.15) is 0 Å². The molecule has 0 aliphatic carbocycles. The minimum atomic E-state index is -0.167. The highest BCUT2D eigenvalue weighted by atomic mass is 16.5. The maximum Gasteiger partial charge on any atom is 0.223 e. The fourth-order valence-corrected chi connectivity index (χ4v) is 5.74. The standard InChI is InChI=1S/C36H36N2O4/c1-40-35-22-29(16-17-34(35)42-26-28-12-6-3-7-13-28)31(23-36(39)37-18-20-41-21-19-37)32-25-38(24-27-10-4-2-5-11-27)33-15-9-8-14-30(32)33/h2-17,22,25,31H,18-21,23-24,26H2,1H3/t31-/m1/s1. The lowest BCUT2D eigenvalue weighted by Gasteiger charge is -2.29. The molecule has 1 saturated heterocycles. The Morgan fingerprint density at radius 3 is 2.26 bits per heavy atom. The SMILES string of the molecule is COc1cc([C@@H](CC(=O)N2CCOCC2)c2cn(Cc3ccccc3)c3ccccc23)ccc1OCc1ccccc1. The zero-order chi connectivity index (χ0) is 28.7. The molecule has 5 aromatic rings. The fraction of sp³-hybridized carbons (Fsp3) is 0.250. The Morgan fingerprint density at radius 1 is 0.833 bits per heavy atom. The van der Waals surface area contributed by atoms with Crippen LogP contribution in [-0.4, -0.2) is 48.8 Å². The molecule has 0 saturated carbocycles. The van der Waals surface area contributed by atoms with Gasteiger partial charge in [-0.15, -0.1) is 0 Å². The van der Waals surface area contributed by atoms with Crippen LogP contribution in [0.5, 0.6) is 11.5 Å². The van der Waals surface area contributed by atoms with Gasteiger partial charge in [-0.25, -0.2) is 0 Å². The van der Waals surface area contributed by atoms with Crippen LogP contribution in [0.2, 0.25) is 0 Å². The summed E-state index contributed by atoms with van der Waals surface area (Å²) in [6.45, 7) is 3.60. The van der Waals surface area contributed by atoms with E-state index in [2.05, 4.69) is 65.4 Å². The number of hydrogen-bond acceptors (Lipinski definition) is 4. The van der Waals surface area contributed by atoms with E-state index >= 15 is 0 Å². The first-order valence-electron chi connectivity index (χ1n) is 14.5. The second-order valence-corrected chi connectivity index (χ2v) is 10.6. The van der Waals surface area contributed by atoms with E-state index in [0.717, 1.165) is 34.1 Å². The van der Waals surface area contributed by atoms with Crippen LogP contribution in [0.4, 0.5) is 0 Å². The fourth-order valence-electron chi connectivity index (χ4n) is 5.74. The van der Waals surface area contributed by atoms with Gasteiger partial charge in [0.25, 0.3) is 0 Å². The van der Waals surface area contributed by atoms with E-state index in [1.54, 1.807) is 7.11 Å². The number of methoxy groups -OCH3 is 1. The Balaban J connectivity index is 1.37. The van der Waals surface area contributed by atoms with Crippen molar-refractivity contribution < 1.29 is 19.0 Å². The van der Waals surface area contributed by atoms with E-state index in [0.29, 0.717) is 50.8 Å². The summed E-state index contributed by atoms with van der Waals surface area (Å²) in [7, 11) is 1.66. The lowest BCUT2D eigenvalue weighted by atomic mass is 9.87. The van der Waals surface area contributed by atoms with Crippen molar-refractivity contribution in [1.29, 1.82) is 0 Å². The predicted octanol–water partition coefficient (Wildman–Crippen LogP) is 6.66. The Kier molecular flexibility index (Phi) is 8.52. The number of ether oxygens (including phenoxy) is 3. The molecule has 0 bridgehead atoms. The number of carbonyl (C=O) groups excluding carboxylic acids is 1. The molecule has 6 heteroatoms. The van der Waals surface area contributed by atoms with Crippen molar-refractivity contribution in [2.24, 2.45) is 0 Å². The molecule has 2 heterocycles. The molecule has 4 aromatic carbocycles. The Hall–Kier alpha value is -4.55. The highest BCUT2D eigenvalue weighted by Crippen LogP contribution is 2.39. The minimum Gasteiger partial charge on any atom is -0.493 e. The maximum atomic E-state index is 13.7. The largest absolute Gasteiger partial charge is 0.493 e. The molecule has 1 aliphatic heterocycles. The summed E-state index contributed by atoms with van der Waals surface area (Å²) in [4.78, 5) is 15.6. The monoisotopic (exact) mass is 560 g/mol. The van der Waals surface area contributed by atoms with Crippen LogP contribution in [0.25, 0.3) is 10.9 Å². The van der Waals surface area contributed by atoms with E-state index in [1.807, 2.05) is 53.4 Å². The van der Waals surface area contributed by atoms with Crippen molar-refractivity contribution >= 4 is 16.8 Å². The number of rotatable bonds is 10. The molecule has 42 heavy (non-hydrogen) atoms. The van der Waals surface area contributed by atoms with Gasteiger partial charge >= 0.3 is 0 Å². The van der Waals surface area contributed by atoms with Crippen LogP contribution in [0.3, 0.4) is 0 Å². The summed E-state index contributed by atoms with van der Waals surface area (Å²) in [6.07, 6.45) is 2.58. The summed E-state index contributed by atoms with van der Waals surface area (Å²) in [5.74, 6) is 1.29. The molecule has 1 fully saturated rings. The number of carbonyl (C=O) groups is 1. The van der Waals surface area contributed by atoms with Gasteiger partial charge < -0.3 is 23.7 Å². The summed E-state index contributed by atoms with van der Waals surface area (Å²) in [5.41, 5.74) is 5.61. The molecule has 1 amide bonds. The van der Waals surface area contributed by atoms with Gasteiger partial charge in [0.15, 0.2) is 11.5 Å². The van der Waals surface area contributed by atoms with E-state index in [4.69, 9.17) is 14.2 Å². The Bertz CT molecular complexity index is 1620. The zero-order valence-corrected chi connectivity index (χ0v) is 23.9. The number of aromatic nitrogens is 1. The third-order valence-corrected chi connectivity index (χ3v) is 7.96. The van der Waals surface area contributed by atoms with Gasteiger partial charge in [-0.05, 0) is 40.5 Å². The molecule has 0 N–H and O–H groups in total. The molecule has 1 atom stereocenters. The highest BCUT2D eigenvalue weighted by Gasteiger charge is 2.27. The molecule has 0 unspecified atom stereocenters. The second-order valence-electron chi connectivity index (χ2n) is 10.6. The third kappa shape index (κ3) is 6.19. The Labute approximate surface area is 247 Å². The molecule has 6 rings (SSSR count). The predicted molar refractivity (Wildman–Crippen MR) is 165 cm³/mol. The number of para-hydroxylation sites is 1. The van der Waals surface area contributed by atoms with Gasteiger partial charge in [0.2, 0.25) is 5.91 Å². The number of nitrogens with zero attached hydrogens (tertiary/aromatic N) is 2. The molecule has 0 spiro atoms. The van der Waals surface area contributed by atoms with Gasteiger partial charge in [0.1, 0.15) is 6.61 Å². The highest BCUT2D eigenvalue weighted by molar-refractivity contribution is 5.87. The van der Waals surface area contributed by atoms with Crippen molar-refractivity contribution in [3.8, 4) is 11.5 Å². The van der Waals surface area contributed by atoms with Crippen molar-refractivity contribution in [2.75, 3.05) is 33.4 Å². The molecule has 214 valence electrons. The number of morpholine rings is 1. The first-order valence-corrected chi connectivity index (χ1v) is 14.5. The van der Waals surface area contributed by atoms with E-state index in [-0.39, 0.29) is 11.8 Å². The lowest BCUT2D eigenvalue weighted by molar-refractivity contribution is -0.135. The summed E-state index contributed by atoms with van der Waals surface area (Å²) in [5, 5.41) is 1.15. The number of amides is 1. The number of benzene rings is 4. The van der Waals surface area contributed by atoms with Crippen molar-refractivity contribution in [1.82, 2.24) is 9.47 Å². The normalized spacial score (nSPS) is 14.1. The number of hydrogen-bond donors (Lipinski definition) is 0. The summed E-state index contributed by atoms with van der Waals surface area (Å²) >= 11 is 0. The van der Waals surface area contributed by atoms with Crippen molar-refractivity contribution in [3.63, 3.8) is 0 Å². The summed E-state index contributed by atoms with van der Waals surface area (Å²) < 4.78 is 19.8. The average molecular weight is 561 g/mol. The van der Waals surface area contributed by atoms with E-state index in [9.17, 15) is 4.79 Å². The minimum absolute atomic E-state index is 0.131.